The Balaban J connectivity index is 2.33. The van der Waals surface area contributed by atoms with Gasteiger partial charge in [0.25, 0.3) is 0 Å². The summed E-state index contributed by atoms with van der Waals surface area (Å²) in [5.41, 5.74) is 0.919. The normalized spacial score (nSPS) is 25.8. The first-order valence-electron chi connectivity index (χ1n) is 6.10. The minimum absolute atomic E-state index is 0.106. The van der Waals surface area contributed by atoms with Crippen LogP contribution < -0.4 is 10.1 Å². The number of amides is 1. The molecular formula is C14H17NO4. The number of esters is 1. The number of rotatable bonds is 3. The van der Waals surface area contributed by atoms with E-state index in [1.807, 2.05) is 31.2 Å². The lowest BCUT2D eigenvalue weighted by Gasteiger charge is -2.19. The van der Waals surface area contributed by atoms with Crippen LogP contribution in [0.25, 0.3) is 0 Å². The Labute approximate surface area is 111 Å². The molecular weight excluding hydrogens is 246 g/mol. The van der Waals surface area contributed by atoms with E-state index in [-0.39, 0.29) is 17.9 Å². The topological polar surface area (TPSA) is 64.6 Å². The molecule has 0 radical (unpaired) electrons. The van der Waals surface area contributed by atoms with E-state index >= 15 is 0 Å². The maximum absolute atomic E-state index is 11.9. The third-order valence-corrected chi connectivity index (χ3v) is 3.51. The average molecular weight is 263 g/mol. The van der Waals surface area contributed by atoms with Gasteiger partial charge in [-0.15, -0.1) is 0 Å². The molecule has 0 aliphatic carbocycles. The fraction of sp³-hybridized carbons (Fsp3) is 0.429. The molecule has 1 heterocycles. The number of carbonyl (C=O) groups is 2. The number of ether oxygens (including phenoxy) is 2. The van der Waals surface area contributed by atoms with Crippen LogP contribution in [0.15, 0.2) is 24.3 Å². The van der Waals surface area contributed by atoms with Crippen LogP contribution in [-0.2, 0) is 14.3 Å². The van der Waals surface area contributed by atoms with E-state index in [1.165, 1.54) is 7.11 Å². The van der Waals surface area contributed by atoms with Gasteiger partial charge in [0.2, 0.25) is 5.91 Å². The summed E-state index contributed by atoms with van der Waals surface area (Å²) in [7, 11) is 2.89. The Morgan fingerprint density at radius 2 is 1.84 bits per heavy atom. The van der Waals surface area contributed by atoms with E-state index in [4.69, 9.17) is 9.47 Å². The molecule has 2 rings (SSSR count). The SMILES string of the molecule is COC(=O)[C@H]1C(=O)N[C@H](C)[C@@H]1c1ccc(OC)cc1. The molecule has 1 fully saturated rings. The monoisotopic (exact) mass is 263 g/mol. The first kappa shape index (κ1) is 13.4. The van der Waals surface area contributed by atoms with Crippen molar-refractivity contribution >= 4 is 11.9 Å². The van der Waals surface area contributed by atoms with Gasteiger partial charge >= 0.3 is 5.97 Å². The molecule has 0 aromatic heterocycles. The van der Waals surface area contributed by atoms with E-state index in [0.29, 0.717) is 0 Å². The molecule has 1 aromatic carbocycles. The molecule has 19 heavy (non-hydrogen) atoms. The summed E-state index contributed by atoms with van der Waals surface area (Å²) in [5, 5.41) is 2.79. The van der Waals surface area contributed by atoms with Gasteiger partial charge < -0.3 is 14.8 Å². The molecule has 1 saturated heterocycles. The highest BCUT2D eigenvalue weighted by Gasteiger charge is 2.46. The van der Waals surface area contributed by atoms with Gasteiger partial charge in [-0.2, -0.15) is 0 Å². The second-order valence-electron chi connectivity index (χ2n) is 4.60. The van der Waals surface area contributed by atoms with Gasteiger partial charge in [-0.1, -0.05) is 12.1 Å². The minimum atomic E-state index is -0.784. The zero-order valence-corrected chi connectivity index (χ0v) is 11.2. The number of methoxy groups -OCH3 is 2. The molecule has 0 unspecified atom stereocenters. The molecule has 1 N–H and O–H groups in total. The predicted molar refractivity (Wildman–Crippen MR) is 68.8 cm³/mol. The molecule has 1 aromatic rings. The van der Waals surface area contributed by atoms with Crippen molar-refractivity contribution in [3.05, 3.63) is 29.8 Å². The van der Waals surface area contributed by atoms with E-state index < -0.39 is 11.9 Å². The van der Waals surface area contributed by atoms with Crippen LogP contribution >= 0.6 is 0 Å². The Morgan fingerprint density at radius 1 is 1.21 bits per heavy atom. The number of nitrogens with one attached hydrogen (secondary N) is 1. The Bertz CT molecular complexity index is 475. The summed E-state index contributed by atoms with van der Waals surface area (Å²) in [6.07, 6.45) is 0. The van der Waals surface area contributed by atoms with Crippen molar-refractivity contribution in [2.45, 2.75) is 18.9 Å². The molecule has 1 aliphatic rings. The first-order chi connectivity index (χ1) is 9.08. The van der Waals surface area contributed by atoms with Gasteiger partial charge in [0.1, 0.15) is 11.7 Å². The second kappa shape index (κ2) is 5.30. The molecule has 3 atom stereocenters. The molecule has 0 spiro atoms. The minimum Gasteiger partial charge on any atom is -0.497 e. The van der Waals surface area contributed by atoms with Crippen molar-refractivity contribution in [2.75, 3.05) is 14.2 Å². The third-order valence-electron chi connectivity index (χ3n) is 3.51. The van der Waals surface area contributed by atoms with Crippen LogP contribution in [0.3, 0.4) is 0 Å². The molecule has 1 amide bonds. The van der Waals surface area contributed by atoms with Crippen molar-refractivity contribution in [2.24, 2.45) is 5.92 Å². The lowest BCUT2D eigenvalue weighted by Crippen LogP contribution is -2.28. The van der Waals surface area contributed by atoms with Gasteiger partial charge in [-0.05, 0) is 24.6 Å². The van der Waals surface area contributed by atoms with Gasteiger partial charge in [-0.25, -0.2) is 0 Å². The average Bonchev–Trinajstić information content (AvgIpc) is 2.72. The lowest BCUT2D eigenvalue weighted by molar-refractivity contribution is -0.149. The lowest BCUT2D eigenvalue weighted by atomic mass is 9.84. The summed E-state index contributed by atoms with van der Waals surface area (Å²) in [4.78, 5) is 23.6. The molecule has 102 valence electrons. The summed E-state index contributed by atoms with van der Waals surface area (Å²) < 4.78 is 9.83. The highest BCUT2D eigenvalue weighted by atomic mass is 16.5. The van der Waals surface area contributed by atoms with Crippen LogP contribution in [0.5, 0.6) is 5.75 Å². The van der Waals surface area contributed by atoms with E-state index in [2.05, 4.69) is 5.32 Å². The van der Waals surface area contributed by atoms with Crippen molar-refractivity contribution < 1.29 is 19.1 Å². The number of hydrogen-bond acceptors (Lipinski definition) is 4. The molecule has 5 heteroatoms. The quantitative estimate of drug-likeness (QED) is 0.655. The zero-order valence-electron chi connectivity index (χ0n) is 11.2. The summed E-state index contributed by atoms with van der Waals surface area (Å²) in [6, 6.07) is 7.27. The Hall–Kier alpha value is -2.04. The zero-order chi connectivity index (χ0) is 14.0. The number of carbonyl (C=O) groups excluding carboxylic acids is 2. The van der Waals surface area contributed by atoms with Crippen molar-refractivity contribution in [3.8, 4) is 5.75 Å². The largest absolute Gasteiger partial charge is 0.497 e. The van der Waals surface area contributed by atoms with Gasteiger partial charge in [0.15, 0.2) is 0 Å². The maximum Gasteiger partial charge on any atom is 0.318 e. The van der Waals surface area contributed by atoms with Gasteiger partial charge in [0.05, 0.1) is 14.2 Å². The molecule has 1 aliphatic heterocycles. The van der Waals surface area contributed by atoms with Gasteiger partial charge in [0, 0.05) is 12.0 Å². The standard InChI is InChI=1S/C14H17NO4/c1-8-11(9-4-6-10(18-2)7-5-9)12(13(16)15-8)14(17)19-3/h4-8,11-12H,1-3H3,(H,15,16)/t8-,11-,12-/m1/s1. The predicted octanol–water partition coefficient (Wildman–Crippen LogP) is 1.09. The van der Waals surface area contributed by atoms with E-state index in [9.17, 15) is 9.59 Å². The second-order valence-corrected chi connectivity index (χ2v) is 4.60. The smallest absolute Gasteiger partial charge is 0.318 e. The van der Waals surface area contributed by atoms with Crippen LogP contribution in [0.4, 0.5) is 0 Å². The van der Waals surface area contributed by atoms with Crippen LogP contribution in [-0.4, -0.2) is 32.1 Å². The van der Waals surface area contributed by atoms with Crippen molar-refractivity contribution in [3.63, 3.8) is 0 Å². The van der Waals surface area contributed by atoms with E-state index in [1.54, 1.807) is 7.11 Å². The van der Waals surface area contributed by atoms with Crippen molar-refractivity contribution in [1.82, 2.24) is 5.32 Å². The van der Waals surface area contributed by atoms with Gasteiger partial charge in [-0.3, -0.25) is 9.59 Å². The third kappa shape index (κ3) is 2.41. The summed E-state index contributed by atoms with van der Waals surface area (Å²) in [6.45, 7) is 1.88. The molecule has 0 saturated carbocycles. The van der Waals surface area contributed by atoms with Crippen molar-refractivity contribution in [1.29, 1.82) is 0 Å². The number of hydrogen-bond donors (Lipinski definition) is 1. The fourth-order valence-electron chi connectivity index (χ4n) is 2.54. The molecule has 0 bridgehead atoms. The van der Waals surface area contributed by atoms with Crippen LogP contribution in [0.1, 0.15) is 18.4 Å². The Morgan fingerprint density at radius 3 is 2.37 bits per heavy atom. The van der Waals surface area contributed by atoms with Crippen LogP contribution in [0.2, 0.25) is 0 Å². The maximum atomic E-state index is 11.9. The Kier molecular flexibility index (Phi) is 3.74. The summed E-state index contributed by atoms with van der Waals surface area (Å²) >= 11 is 0. The van der Waals surface area contributed by atoms with Crippen LogP contribution in [0, 0.1) is 5.92 Å². The summed E-state index contributed by atoms with van der Waals surface area (Å²) in [5.74, 6) is -1.04. The number of benzene rings is 1. The highest BCUT2D eigenvalue weighted by Crippen LogP contribution is 2.35. The first-order valence-corrected chi connectivity index (χ1v) is 6.10. The molecule has 5 nitrogen and oxygen atoms in total. The fourth-order valence-corrected chi connectivity index (χ4v) is 2.54. The highest BCUT2D eigenvalue weighted by molar-refractivity contribution is 6.01. The van der Waals surface area contributed by atoms with E-state index in [0.717, 1.165) is 11.3 Å².